The van der Waals surface area contributed by atoms with Gasteiger partial charge >= 0.3 is 5.97 Å². The zero-order valence-electron chi connectivity index (χ0n) is 13.0. The summed E-state index contributed by atoms with van der Waals surface area (Å²) in [4.78, 5) is 10.9. The first-order valence-corrected chi connectivity index (χ1v) is 8.04. The Morgan fingerprint density at radius 2 is 1.64 bits per heavy atom. The van der Waals surface area contributed by atoms with Crippen LogP contribution in [0.1, 0.15) is 17.3 Å². The van der Waals surface area contributed by atoms with Gasteiger partial charge in [0.15, 0.2) is 5.75 Å². The van der Waals surface area contributed by atoms with Gasteiger partial charge in [0.25, 0.3) is 0 Å². The minimum Gasteiger partial charge on any atom is -0.491 e. The number of halogens is 2. The van der Waals surface area contributed by atoms with Gasteiger partial charge in [0, 0.05) is 11.1 Å². The molecule has 8 heteroatoms. The average molecular weight is 379 g/mol. The van der Waals surface area contributed by atoms with Crippen LogP contribution < -0.4 is 4.74 Å². The molecule has 3 aromatic rings. The van der Waals surface area contributed by atoms with Gasteiger partial charge in [0.05, 0.1) is 22.2 Å². The van der Waals surface area contributed by atoms with Gasteiger partial charge < -0.3 is 14.3 Å². The number of ether oxygens (including phenoxy) is 1. The molecule has 1 heterocycles. The average Bonchev–Trinajstić information content (AvgIpc) is 3.08. The van der Waals surface area contributed by atoms with Crippen LogP contribution in [0.4, 0.5) is 0 Å². The molecule has 0 bridgehead atoms. The molecule has 0 atom stereocenters. The normalized spacial score (nSPS) is 10.7. The molecule has 25 heavy (non-hydrogen) atoms. The van der Waals surface area contributed by atoms with Gasteiger partial charge in [-0.25, -0.2) is 4.79 Å². The predicted octanol–water partition coefficient (Wildman–Crippen LogP) is 4.81. The number of rotatable bonds is 5. The van der Waals surface area contributed by atoms with E-state index in [1.165, 1.54) is 12.1 Å². The standard InChI is InChI=1S/C17H12Cl2N2O4/c1-2-24-14-12(18)7-11(8-13(14)19)16-21-20-15(25-16)9-3-5-10(6-4-9)17(22)23/h3-8H,2H2,1H3,(H,22,23). The van der Waals surface area contributed by atoms with E-state index in [0.717, 1.165) is 0 Å². The van der Waals surface area contributed by atoms with Crippen molar-refractivity contribution in [2.75, 3.05) is 6.61 Å². The Labute approximate surface area is 153 Å². The lowest BCUT2D eigenvalue weighted by atomic mass is 10.1. The maximum atomic E-state index is 10.9. The second kappa shape index (κ2) is 7.13. The second-order valence-corrected chi connectivity index (χ2v) is 5.81. The van der Waals surface area contributed by atoms with Crippen molar-refractivity contribution in [2.45, 2.75) is 6.92 Å². The Balaban J connectivity index is 1.92. The van der Waals surface area contributed by atoms with E-state index < -0.39 is 5.97 Å². The highest BCUT2D eigenvalue weighted by atomic mass is 35.5. The molecule has 0 aliphatic rings. The van der Waals surface area contributed by atoms with Crippen LogP contribution in [0, 0.1) is 0 Å². The summed E-state index contributed by atoms with van der Waals surface area (Å²) < 4.78 is 11.0. The van der Waals surface area contributed by atoms with Crippen LogP contribution in [0.5, 0.6) is 5.75 Å². The molecule has 2 aromatic carbocycles. The molecule has 0 spiro atoms. The lowest BCUT2D eigenvalue weighted by molar-refractivity contribution is 0.0697. The van der Waals surface area contributed by atoms with Crippen molar-refractivity contribution in [2.24, 2.45) is 0 Å². The molecule has 1 aromatic heterocycles. The van der Waals surface area contributed by atoms with E-state index in [2.05, 4.69) is 10.2 Å². The van der Waals surface area contributed by atoms with E-state index >= 15 is 0 Å². The molecule has 0 saturated carbocycles. The van der Waals surface area contributed by atoms with Crippen LogP contribution in [0.25, 0.3) is 22.9 Å². The molecule has 3 rings (SSSR count). The number of carboxylic acids is 1. The summed E-state index contributed by atoms with van der Waals surface area (Å²) in [5, 5.41) is 17.6. The van der Waals surface area contributed by atoms with Crippen LogP contribution in [-0.2, 0) is 0 Å². The number of hydrogen-bond donors (Lipinski definition) is 1. The molecule has 0 aliphatic heterocycles. The van der Waals surface area contributed by atoms with E-state index in [1.807, 2.05) is 6.92 Å². The van der Waals surface area contributed by atoms with Gasteiger partial charge in [-0.2, -0.15) is 0 Å². The third kappa shape index (κ3) is 3.60. The topological polar surface area (TPSA) is 85.5 Å². The number of aromatic carboxylic acids is 1. The number of nitrogens with zero attached hydrogens (tertiary/aromatic N) is 2. The Morgan fingerprint density at radius 3 is 2.16 bits per heavy atom. The summed E-state index contributed by atoms with van der Waals surface area (Å²) in [7, 11) is 0. The molecule has 1 N–H and O–H groups in total. The molecule has 0 saturated heterocycles. The van der Waals surface area contributed by atoms with Gasteiger partial charge in [0.2, 0.25) is 11.8 Å². The zero-order valence-corrected chi connectivity index (χ0v) is 14.5. The monoisotopic (exact) mass is 378 g/mol. The van der Waals surface area contributed by atoms with Crippen molar-refractivity contribution in [3.8, 4) is 28.7 Å². The molecular weight excluding hydrogens is 367 g/mol. The fourth-order valence-corrected chi connectivity index (χ4v) is 2.77. The summed E-state index contributed by atoms with van der Waals surface area (Å²) >= 11 is 12.4. The highest BCUT2D eigenvalue weighted by Gasteiger charge is 2.16. The predicted molar refractivity (Wildman–Crippen MR) is 93.3 cm³/mol. The molecule has 0 radical (unpaired) electrons. The number of aromatic nitrogens is 2. The second-order valence-electron chi connectivity index (χ2n) is 5.00. The quantitative estimate of drug-likeness (QED) is 0.685. The van der Waals surface area contributed by atoms with Crippen molar-refractivity contribution in [3.05, 3.63) is 52.0 Å². The molecule has 0 amide bonds. The van der Waals surface area contributed by atoms with Crippen LogP contribution in [0.2, 0.25) is 10.0 Å². The molecule has 0 aliphatic carbocycles. The molecule has 0 fully saturated rings. The largest absolute Gasteiger partial charge is 0.491 e. The number of benzene rings is 2. The van der Waals surface area contributed by atoms with E-state index in [0.29, 0.717) is 33.5 Å². The van der Waals surface area contributed by atoms with Crippen molar-refractivity contribution < 1.29 is 19.1 Å². The summed E-state index contributed by atoms with van der Waals surface area (Å²) in [5.74, 6) is -0.104. The molecular formula is C17H12Cl2N2O4. The highest BCUT2D eigenvalue weighted by molar-refractivity contribution is 6.37. The summed E-state index contributed by atoms with van der Waals surface area (Å²) in [6, 6.07) is 9.38. The zero-order chi connectivity index (χ0) is 18.0. The van der Waals surface area contributed by atoms with E-state index in [4.69, 9.17) is 37.5 Å². The Hall–Kier alpha value is -2.57. The van der Waals surface area contributed by atoms with Crippen molar-refractivity contribution in [1.29, 1.82) is 0 Å². The summed E-state index contributed by atoms with van der Waals surface area (Å²) in [5.41, 5.74) is 1.33. The van der Waals surface area contributed by atoms with Gasteiger partial charge in [-0.15, -0.1) is 10.2 Å². The lowest BCUT2D eigenvalue weighted by Gasteiger charge is -2.08. The maximum absolute atomic E-state index is 10.9. The third-order valence-electron chi connectivity index (χ3n) is 3.34. The van der Waals surface area contributed by atoms with Gasteiger partial charge in [-0.1, -0.05) is 23.2 Å². The van der Waals surface area contributed by atoms with E-state index in [-0.39, 0.29) is 17.3 Å². The van der Waals surface area contributed by atoms with Gasteiger partial charge in [-0.05, 0) is 43.3 Å². The van der Waals surface area contributed by atoms with Crippen LogP contribution >= 0.6 is 23.2 Å². The van der Waals surface area contributed by atoms with Crippen molar-refractivity contribution in [1.82, 2.24) is 10.2 Å². The summed E-state index contributed by atoms with van der Waals surface area (Å²) in [6.07, 6.45) is 0. The van der Waals surface area contributed by atoms with E-state index in [9.17, 15) is 4.79 Å². The van der Waals surface area contributed by atoms with Gasteiger partial charge in [0.1, 0.15) is 0 Å². The highest BCUT2D eigenvalue weighted by Crippen LogP contribution is 2.37. The Kier molecular flexibility index (Phi) is 4.92. The first-order chi connectivity index (χ1) is 12.0. The molecule has 6 nitrogen and oxygen atoms in total. The first kappa shape index (κ1) is 17.3. The maximum Gasteiger partial charge on any atom is 0.335 e. The number of carboxylic acid groups (broad SMARTS) is 1. The lowest BCUT2D eigenvalue weighted by Crippen LogP contribution is -1.94. The molecule has 128 valence electrons. The third-order valence-corrected chi connectivity index (χ3v) is 3.90. The van der Waals surface area contributed by atoms with Crippen molar-refractivity contribution in [3.63, 3.8) is 0 Å². The Morgan fingerprint density at radius 1 is 1.08 bits per heavy atom. The minimum atomic E-state index is -1.00. The van der Waals surface area contributed by atoms with E-state index in [1.54, 1.807) is 24.3 Å². The minimum absolute atomic E-state index is 0.175. The van der Waals surface area contributed by atoms with Crippen molar-refractivity contribution >= 4 is 29.2 Å². The Bertz CT molecular complexity index is 900. The SMILES string of the molecule is CCOc1c(Cl)cc(-c2nnc(-c3ccc(C(=O)O)cc3)o2)cc1Cl. The number of hydrogen-bond acceptors (Lipinski definition) is 5. The van der Waals surface area contributed by atoms with Crippen LogP contribution in [-0.4, -0.2) is 27.9 Å². The first-order valence-electron chi connectivity index (χ1n) is 7.29. The summed E-state index contributed by atoms with van der Waals surface area (Å²) in [6.45, 7) is 2.27. The van der Waals surface area contributed by atoms with Crippen LogP contribution in [0.3, 0.4) is 0 Å². The smallest absolute Gasteiger partial charge is 0.335 e. The van der Waals surface area contributed by atoms with Crippen LogP contribution in [0.15, 0.2) is 40.8 Å². The van der Waals surface area contributed by atoms with Gasteiger partial charge in [-0.3, -0.25) is 0 Å². The fraction of sp³-hybridized carbons (Fsp3) is 0.118. The molecule has 0 unspecified atom stereocenters. The fourth-order valence-electron chi connectivity index (χ4n) is 2.18. The number of carbonyl (C=O) groups is 1.